The molecule has 0 aliphatic heterocycles. The van der Waals surface area contributed by atoms with Crippen LogP contribution in [0.4, 0.5) is 5.69 Å². The smallest absolute Gasteiger partial charge is 0.264 e. The number of nitrogens with zero attached hydrogens (tertiary/aromatic N) is 2. The quantitative estimate of drug-likeness (QED) is 0.339. The number of hydrogen-bond donors (Lipinski definition) is 1. The first-order valence-corrected chi connectivity index (χ1v) is 14.8. The Bertz CT molecular complexity index is 1370. The summed E-state index contributed by atoms with van der Waals surface area (Å²) >= 11 is 0. The first kappa shape index (κ1) is 29.9. The van der Waals surface area contributed by atoms with E-state index in [1.807, 2.05) is 71.0 Å². The summed E-state index contributed by atoms with van der Waals surface area (Å²) in [6.07, 6.45) is 1.16. The lowest BCUT2D eigenvalue weighted by molar-refractivity contribution is -0.140. The van der Waals surface area contributed by atoms with Gasteiger partial charge in [0, 0.05) is 13.1 Å². The van der Waals surface area contributed by atoms with E-state index in [4.69, 9.17) is 0 Å². The number of hydrogen-bond acceptors (Lipinski definition) is 4. The van der Waals surface area contributed by atoms with Gasteiger partial charge < -0.3 is 10.2 Å². The van der Waals surface area contributed by atoms with Crippen molar-refractivity contribution >= 4 is 27.5 Å². The van der Waals surface area contributed by atoms with Gasteiger partial charge >= 0.3 is 0 Å². The summed E-state index contributed by atoms with van der Waals surface area (Å²) in [5.74, 6) is -0.697. The van der Waals surface area contributed by atoms with Gasteiger partial charge in [-0.05, 0) is 62.9 Å². The van der Waals surface area contributed by atoms with Gasteiger partial charge in [0.2, 0.25) is 11.8 Å². The minimum atomic E-state index is -4.08. The van der Waals surface area contributed by atoms with Gasteiger partial charge in [0.05, 0.1) is 10.6 Å². The van der Waals surface area contributed by atoms with Crippen LogP contribution in [-0.2, 0) is 26.2 Å². The molecule has 3 rings (SSSR count). The van der Waals surface area contributed by atoms with Crippen molar-refractivity contribution in [3.05, 3.63) is 95.1 Å². The third-order valence-corrected chi connectivity index (χ3v) is 8.41. The summed E-state index contributed by atoms with van der Waals surface area (Å²) in [6, 6.07) is 20.6. The molecule has 39 heavy (non-hydrogen) atoms. The van der Waals surface area contributed by atoms with Gasteiger partial charge in [-0.25, -0.2) is 8.42 Å². The second-order valence-corrected chi connectivity index (χ2v) is 11.7. The zero-order valence-corrected chi connectivity index (χ0v) is 24.3. The molecule has 208 valence electrons. The van der Waals surface area contributed by atoms with E-state index in [1.165, 1.54) is 17.0 Å². The molecule has 3 aromatic rings. The number of anilines is 1. The van der Waals surface area contributed by atoms with Gasteiger partial charge in [-0.15, -0.1) is 0 Å². The van der Waals surface area contributed by atoms with Crippen molar-refractivity contribution in [1.29, 1.82) is 0 Å². The Labute approximate surface area is 232 Å². The van der Waals surface area contributed by atoms with Crippen LogP contribution in [0.15, 0.2) is 77.7 Å². The maximum Gasteiger partial charge on any atom is 0.264 e. The number of amides is 2. The molecule has 7 nitrogen and oxygen atoms in total. The van der Waals surface area contributed by atoms with E-state index in [2.05, 4.69) is 5.32 Å². The fraction of sp³-hybridized carbons (Fsp3) is 0.355. The minimum Gasteiger partial charge on any atom is -0.354 e. The van der Waals surface area contributed by atoms with Crippen LogP contribution < -0.4 is 9.62 Å². The van der Waals surface area contributed by atoms with Crippen LogP contribution in [0.3, 0.4) is 0 Å². The molecule has 0 saturated heterocycles. The van der Waals surface area contributed by atoms with Crippen molar-refractivity contribution in [2.24, 2.45) is 0 Å². The standard InChI is InChI=1S/C31H39N3O4S/c1-6-19-32-31(36)28(7-2)33(21-26-16-13-23(3)14-17-26)30(35)22-34(29-18-15-24(4)20-25(29)5)39(37,38)27-11-9-8-10-12-27/h8-18,20,28H,6-7,19,21-22H2,1-5H3,(H,32,36)/t28-/m0/s1. The fourth-order valence-electron chi connectivity index (χ4n) is 4.49. The molecule has 8 heteroatoms. The van der Waals surface area contributed by atoms with Crippen LogP contribution in [0.1, 0.15) is 48.9 Å². The summed E-state index contributed by atoms with van der Waals surface area (Å²) in [5, 5.41) is 2.91. The van der Waals surface area contributed by atoms with Gasteiger partial charge in [0.15, 0.2) is 0 Å². The largest absolute Gasteiger partial charge is 0.354 e. The van der Waals surface area contributed by atoms with Crippen LogP contribution in [-0.4, -0.2) is 44.3 Å². The second kappa shape index (κ2) is 13.4. The lowest BCUT2D eigenvalue weighted by atomic mass is 10.1. The normalized spacial score (nSPS) is 12.0. The van der Waals surface area contributed by atoms with Crippen molar-refractivity contribution < 1.29 is 18.0 Å². The van der Waals surface area contributed by atoms with Gasteiger partial charge in [-0.3, -0.25) is 13.9 Å². The van der Waals surface area contributed by atoms with E-state index in [-0.39, 0.29) is 17.3 Å². The van der Waals surface area contributed by atoms with Crippen molar-refractivity contribution in [1.82, 2.24) is 10.2 Å². The Morgan fingerprint density at radius 1 is 0.872 bits per heavy atom. The number of sulfonamides is 1. The zero-order valence-electron chi connectivity index (χ0n) is 23.5. The summed E-state index contributed by atoms with van der Waals surface area (Å²) in [7, 11) is -4.08. The Morgan fingerprint density at radius 3 is 2.10 bits per heavy atom. The van der Waals surface area contributed by atoms with E-state index in [0.717, 1.165) is 33.0 Å². The van der Waals surface area contributed by atoms with Crippen LogP contribution in [0, 0.1) is 20.8 Å². The summed E-state index contributed by atoms with van der Waals surface area (Å²) in [6.45, 7) is 9.81. The van der Waals surface area contributed by atoms with Crippen molar-refractivity contribution in [2.45, 2.75) is 64.9 Å². The fourth-order valence-corrected chi connectivity index (χ4v) is 5.99. The highest BCUT2D eigenvalue weighted by Gasteiger charge is 2.34. The number of nitrogens with one attached hydrogen (secondary N) is 1. The van der Waals surface area contributed by atoms with Crippen molar-refractivity contribution in [3.8, 4) is 0 Å². The molecule has 0 fully saturated rings. The first-order valence-electron chi connectivity index (χ1n) is 13.4. The molecule has 0 aliphatic rings. The van der Waals surface area contributed by atoms with Crippen molar-refractivity contribution in [3.63, 3.8) is 0 Å². The molecule has 1 atom stereocenters. The second-order valence-electron chi connectivity index (χ2n) is 9.84. The van der Waals surface area contributed by atoms with E-state index in [1.54, 1.807) is 24.3 Å². The number of aryl methyl sites for hydroxylation is 3. The molecule has 0 radical (unpaired) electrons. The van der Waals surface area contributed by atoms with E-state index in [0.29, 0.717) is 18.7 Å². The molecule has 0 spiro atoms. The number of carbonyl (C=O) groups is 2. The van der Waals surface area contributed by atoms with Crippen LogP contribution >= 0.6 is 0 Å². The van der Waals surface area contributed by atoms with Crippen molar-refractivity contribution in [2.75, 3.05) is 17.4 Å². The Kier molecular flexibility index (Phi) is 10.3. The SMILES string of the molecule is CCCNC(=O)[C@H](CC)N(Cc1ccc(C)cc1)C(=O)CN(c1ccc(C)cc1C)S(=O)(=O)c1ccccc1. The molecule has 0 unspecified atom stereocenters. The van der Waals surface area contributed by atoms with E-state index >= 15 is 0 Å². The predicted molar refractivity (Wildman–Crippen MR) is 156 cm³/mol. The Hall–Kier alpha value is -3.65. The zero-order chi connectivity index (χ0) is 28.6. The molecule has 0 heterocycles. The molecule has 1 N–H and O–H groups in total. The maximum absolute atomic E-state index is 14.1. The molecule has 0 bridgehead atoms. The van der Waals surface area contributed by atoms with E-state index in [9.17, 15) is 18.0 Å². The van der Waals surface area contributed by atoms with Gasteiger partial charge in [0.1, 0.15) is 12.6 Å². The third kappa shape index (κ3) is 7.47. The maximum atomic E-state index is 14.1. The van der Waals surface area contributed by atoms with Crippen LogP contribution in [0.25, 0.3) is 0 Å². The summed E-state index contributed by atoms with van der Waals surface area (Å²) < 4.78 is 29.0. The molecule has 2 amide bonds. The number of rotatable bonds is 12. The topological polar surface area (TPSA) is 86.8 Å². The number of benzene rings is 3. The monoisotopic (exact) mass is 549 g/mol. The highest BCUT2D eigenvalue weighted by Crippen LogP contribution is 2.28. The van der Waals surface area contributed by atoms with Gasteiger partial charge in [-0.1, -0.05) is 79.6 Å². The highest BCUT2D eigenvalue weighted by molar-refractivity contribution is 7.92. The minimum absolute atomic E-state index is 0.0931. The summed E-state index contributed by atoms with van der Waals surface area (Å²) in [5.41, 5.74) is 4.09. The predicted octanol–water partition coefficient (Wildman–Crippen LogP) is 5.14. The summed E-state index contributed by atoms with van der Waals surface area (Å²) in [4.78, 5) is 28.8. The highest BCUT2D eigenvalue weighted by atomic mass is 32.2. The molecular weight excluding hydrogens is 510 g/mol. The van der Waals surface area contributed by atoms with Gasteiger partial charge in [-0.2, -0.15) is 0 Å². The average molecular weight is 550 g/mol. The molecule has 3 aromatic carbocycles. The van der Waals surface area contributed by atoms with Gasteiger partial charge in [0.25, 0.3) is 10.0 Å². The van der Waals surface area contributed by atoms with E-state index < -0.39 is 28.5 Å². The lowest BCUT2D eigenvalue weighted by Crippen LogP contribution is -2.52. The lowest BCUT2D eigenvalue weighted by Gasteiger charge is -2.33. The molecule has 0 aliphatic carbocycles. The first-order chi connectivity index (χ1) is 18.6. The Morgan fingerprint density at radius 2 is 1.51 bits per heavy atom. The van der Waals surface area contributed by atoms with Crippen LogP contribution in [0.2, 0.25) is 0 Å². The molecular formula is C31H39N3O4S. The average Bonchev–Trinajstić information content (AvgIpc) is 2.92. The molecule has 0 aromatic heterocycles. The Balaban J connectivity index is 2.07. The third-order valence-electron chi connectivity index (χ3n) is 6.64. The number of carbonyl (C=O) groups excluding carboxylic acids is 2. The van der Waals surface area contributed by atoms with Crippen LogP contribution in [0.5, 0.6) is 0 Å². The molecule has 0 saturated carbocycles.